The van der Waals surface area contributed by atoms with Crippen LogP contribution in [0.4, 0.5) is 4.39 Å². The molecule has 27 heavy (non-hydrogen) atoms. The highest BCUT2D eigenvalue weighted by Crippen LogP contribution is 2.35. The van der Waals surface area contributed by atoms with Crippen LogP contribution >= 0.6 is 11.3 Å². The van der Waals surface area contributed by atoms with Gasteiger partial charge in [0.1, 0.15) is 23.6 Å². The van der Waals surface area contributed by atoms with Gasteiger partial charge in [-0.3, -0.25) is 0 Å². The van der Waals surface area contributed by atoms with E-state index in [-0.39, 0.29) is 17.7 Å². The van der Waals surface area contributed by atoms with E-state index in [2.05, 4.69) is 34.3 Å². The van der Waals surface area contributed by atoms with Gasteiger partial charge in [-0.1, -0.05) is 47.7 Å². The van der Waals surface area contributed by atoms with E-state index in [0.29, 0.717) is 4.96 Å². The van der Waals surface area contributed by atoms with Crippen molar-refractivity contribution < 1.29 is 14.4 Å². The van der Waals surface area contributed by atoms with Crippen LogP contribution in [0.5, 0.6) is 5.88 Å². The Morgan fingerprint density at radius 3 is 2.81 bits per heavy atom. The third kappa shape index (κ3) is 2.79. The van der Waals surface area contributed by atoms with Gasteiger partial charge in [0, 0.05) is 17.5 Å². The maximum absolute atomic E-state index is 14.0. The van der Waals surface area contributed by atoms with Gasteiger partial charge in [-0.15, -0.1) is 0 Å². The van der Waals surface area contributed by atoms with Gasteiger partial charge in [0.25, 0.3) is 0 Å². The minimum absolute atomic E-state index is 0.0909. The van der Waals surface area contributed by atoms with Crippen molar-refractivity contribution >= 4 is 16.3 Å². The third-order valence-electron chi connectivity index (χ3n) is 5.24. The Morgan fingerprint density at radius 1 is 1.15 bits per heavy atom. The summed E-state index contributed by atoms with van der Waals surface area (Å²) in [5, 5.41) is 14.9. The molecule has 1 aliphatic heterocycles. The van der Waals surface area contributed by atoms with Gasteiger partial charge in [-0.05, 0) is 17.7 Å². The van der Waals surface area contributed by atoms with Gasteiger partial charge in [0.05, 0.1) is 6.54 Å². The average Bonchev–Trinajstić information content (AvgIpc) is 3.26. The molecule has 0 bridgehead atoms. The first-order chi connectivity index (χ1) is 13.2. The van der Waals surface area contributed by atoms with Gasteiger partial charge in [-0.25, -0.2) is 9.37 Å². The summed E-state index contributed by atoms with van der Waals surface area (Å²) >= 11 is 1.41. The number of thiazole rings is 1. The smallest absolute Gasteiger partial charge is 0.235 e. The molecule has 0 fully saturated rings. The maximum Gasteiger partial charge on any atom is 0.235 e. The van der Waals surface area contributed by atoms with Crippen LogP contribution in [-0.4, -0.2) is 26.2 Å². The van der Waals surface area contributed by atoms with Crippen molar-refractivity contribution in [2.24, 2.45) is 0 Å². The highest BCUT2D eigenvalue weighted by Gasteiger charge is 2.34. The Labute approximate surface area is 159 Å². The fourth-order valence-electron chi connectivity index (χ4n) is 3.99. The van der Waals surface area contributed by atoms with Gasteiger partial charge in [-0.2, -0.15) is 9.61 Å². The number of rotatable bonds is 3. The predicted octanol–water partition coefficient (Wildman–Crippen LogP) is 2.37. The second-order valence-corrected chi connectivity index (χ2v) is 7.85. The topological polar surface area (TPSA) is 54.9 Å². The fraction of sp³-hybridized carbons (Fsp3) is 0.200. The zero-order chi connectivity index (χ0) is 18.4. The molecule has 1 unspecified atom stereocenters. The number of aromatic nitrogens is 3. The van der Waals surface area contributed by atoms with Gasteiger partial charge in [0.2, 0.25) is 10.8 Å². The summed E-state index contributed by atoms with van der Waals surface area (Å²) in [7, 11) is 0. The highest BCUT2D eigenvalue weighted by atomic mass is 32.1. The second-order valence-electron chi connectivity index (χ2n) is 6.84. The average molecular weight is 381 g/mol. The van der Waals surface area contributed by atoms with Crippen LogP contribution in [0.25, 0.3) is 4.96 Å². The first-order valence-corrected chi connectivity index (χ1v) is 9.70. The van der Waals surface area contributed by atoms with Crippen LogP contribution in [0.2, 0.25) is 0 Å². The van der Waals surface area contributed by atoms with E-state index in [1.165, 1.54) is 44.3 Å². The normalized spacial score (nSPS) is 17.7. The fourth-order valence-corrected chi connectivity index (χ4v) is 5.10. The first-order valence-electron chi connectivity index (χ1n) is 8.89. The highest BCUT2D eigenvalue weighted by molar-refractivity contribution is 7.17. The molecule has 2 aromatic heterocycles. The number of hydrogen-bond donors (Lipinski definition) is 2. The number of halogens is 1. The molecule has 1 aliphatic rings. The van der Waals surface area contributed by atoms with Crippen molar-refractivity contribution in [3.63, 3.8) is 0 Å². The van der Waals surface area contributed by atoms with E-state index >= 15 is 0 Å². The number of fused-ring (bicyclic) bond motifs is 2. The van der Waals surface area contributed by atoms with Crippen molar-refractivity contribution in [2.45, 2.75) is 19.0 Å². The van der Waals surface area contributed by atoms with E-state index in [9.17, 15) is 9.50 Å². The molecular weight excluding hydrogens is 363 g/mol. The van der Waals surface area contributed by atoms with Crippen molar-refractivity contribution in [2.75, 3.05) is 6.54 Å². The minimum atomic E-state index is -0.270. The minimum Gasteiger partial charge on any atom is -0.492 e. The molecule has 136 valence electrons. The predicted molar refractivity (Wildman–Crippen MR) is 100 cm³/mol. The van der Waals surface area contributed by atoms with Gasteiger partial charge < -0.3 is 10.0 Å². The van der Waals surface area contributed by atoms with E-state index < -0.39 is 0 Å². The van der Waals surface area contributed by atoms with Crippen LogP contribution in [0.3, 0.4) is 0 Å². The molecule has 3 heterocycles. The second kappa shape index (κ2) is 6.44. The lowest BCUT2D eigenvalue weighted by Gasteiger charge is -2.32. The molecule has 7 heteroatoms. The van der Waals surface area contributed by atoms with E-state index in [1.807, 2.05) is 6.07 Å². The summed E-state index contributed by atoms with van der Waals surface area (Å²) in [6, 6.07) is 14.9. The third-order valence-corrected chi connectivity index (χ3v) is 6.34. The molecule has 2 N–H and O–H groups in total. The SMILES string of the molecule is Oc1c([C@@H](c2cccc(F)c2)[NH+]2CCc3ccccc3C2)sc2ncnn12. The number of quaternary nitrogens is 1. The molecule has 0 radical (unpaired) electrons. The van der Waals surface area contributed by atoms with Crippen molar-refractivity contribution in [3.05, 3.63) is 82.2 Å². The van der Waals surface area contributed by atoms with E-state index in [4.69, 9.17) is 0 Å². The Hall–Kier alpha value is -2.77. The van der Waals surface area contributed by atoms with Gasteiger partial charge in [0.15, 0.2) is 6.04 Å². The Bertz CT molecular complexity index is 1120. The quantitative estimate of drug-likeness (QED) is 0.573. The summed E-state index contributed by atoms with van der Waals surface area (Å²) in [4.78, 5) is 6.89. The van der Waals surface area contributed by atoms with Crippen LogP contribution in [0.1, 0.15) is 27.6 Å². The molecule has 4 aromatic rings. The van der Waals surface area contributed by atoms with Crippen molar-refractivity contribution in [1.82, 2.24) is 14.6 Å². The lowest BCUT2D eigenvalue weighted by atomic mass is 9.95. The summed E-state index contributed by atoms with van der Waals surface area (Å²) in [5.41, 5.74) is 3.52. The number of aromatic hydroxyl groups is 1. The van der Waals surface area contributed by atoms with Crippen LogP contribution in [0, 0.1) is 5.82 Å². The van der Waals surface area contributed by atoms with Crippen LogP contribution in [0.15, 0.2) is 54.9 Å². The molecule has 0 amide bonds. The first kappa shape index (κ1) is 16.4. The van der Waals surface area contributed by atoms with E-state index in [1.54, 1.807) is 12.1 Å². The molecule has 5 nitrogen and oxygen atoms in total. The Kier molecular flexibility index (Phi) is 3.91. The summed E-state index contributed by atoms with van der Waals surface area (Å²) in [6.07, 6.45) is 2.38. The van der Waals surface area contributed by atoms with Crippen LogP contribution in [-0.2, 0) is 13.0 Å². The Morgan fingerprint density at radius 2 is 2.00 bits per heavy atom. The van der Waals surface area contributed by atoms with Gasteiger partial charge >= 0.3 is 0 Å². The lowest BCUT2D eigenvalue weighted by molar-refractivity contribution is -0.940. The molecule has 0 spiro atoms. The van der Waals surface area contributed by atoms with Crippen molar-refractivity contribution in [1.29, 1.82) is 0 Å². The molecule has 0 saturated carbocycles. The zero-order valence-electron chi connectivity index (χ0n) is 14.5. The molecule has 0 saturated heterocycles. The molecular formula is C20H18FN4OS+. The number of nitrogens with one attached hydrogen (secondary N) is 1. The van der Waals surface area contributed by atoms with Crippen molar-refractivity contribution in [3.8, 4) is 5.88 Å². The number of nitrogens with zero attached hydrogens (tertiary/aromatic N) is 3. The largest absolute Gasteiger partial charge is 0.492 e. The maximum atomic E-state index is 14.0. The zero-order valence-corrected chi connectivity index (χ0v) is 15.3. The molecule has 2 atom stereocenters. The van der Waals surface area contributed by atoms with E-state index in [0.717, 1.165) is 30.0 Å². The Balaban J connectivity index is 1.63. The monoisotopic (exact) mass is 381 g/mol. The molecule has 2 aromatic carbocycles. The summed E-state index contributed by atoms with van der Waals surface area (Å²) in [5.74, 6) is -0.179. The standard InChI is InChI=1S/C20H17FN4OS/c21-16-7-3-6-14(10-16)17(18-19(26)25-20(27-18)22-12-23-25)24-9-8-13-4-1-2-5-15(13)11-24/h1-7,10,12,17,26H,8-9,11H2/p+1/t17-/m1/s1. The lowest BCUT2D eigenvalue weighted by Crippen LogP contribution is -3.12. The number of benzene rings is 2. The number of hydrogen-bond acceptors (Lipinski definition) is 4. The summed E-state index contributed by atoms with van der Waals surface area (Å²) in [6.45, 7) is 1.73. The molecule has 0 aliphatic carbocycles. The molecule has 5 rings (SSSR count). The summed E-state index contributed by atoms with van der Waals surface area (Å²) < 4.78 is 15.4. The van der Waals surface area contributed by atoms with Crippen LogP contribution < -0.4 is 4.90 Å².